The summed E-state index contributed by atoms with van der Waals surface area (Å²) in [5.74, 6) is -1.25. The molecule has 0 aliphatic carbocycles. The number of aryl methyl sites for hydroxylation is 1. The van der Waals surface area contributed by atoms with Crippen LogP contribution in [0.2, 0.25) is 5.02 Å². The van der Waals surface area contributed by atoms with E-state index < -0.39 is 35.0 Å². The molecule has 2 fully saturated rings. The summed E-state index contributed by atoms with van der Waals surface area (Å²) in [6, 6.07) is 13.5. The predicted octanol–water partition coefficient (Wildman–Crippen LogP) is 9.63. The zero-order valence-electron chi connectivity index (χ0n) is 28.0. The Morgan fingerprint density at radius 3 is 2.68 bits per heavy atom. The first-order valence-electron chi connectivity index (χ1n) is 16.4. The van der Waals surface area contributed by atoms with Gasteiger partial charge in [-0.2, -0.15) is 9.97 Å². The predicted molar refractivity (Wildman–Crippen MR) is 189 cm³/mol. The van der Waals surface area contributed by atoms with Gasteiger partial charge in [0.05, 0.1) is 20.6 Å². The van der Waals surface area contributed by atoms with Gasteiger partial charge in [0, 0.05) is 23.9 Å². The number of amides is 1. The highest BCUT2D eigenvalue weighted by Crippen LogP contribution is 2.47. The van der Waals surface area contributed by atoms with E-state index in [-0.39, 0.29) is 51.3 Å². The number of anilines is 1. The van der Waals surface area contributed by atoms with E-state index in [9.17, 15) is 9.18 Å². The van der Waals surface area contributed by atoms with Gasteiger partial charge in [0.1, 0.15) is 41.3 Å². The largest absolute Gasteiger partial charge is 0.472 e. The average molecular weight is 725 g/mol. The van der Waals surface area contributed by atoms with Gasteiger partial charge in [-0.1, -0.05) is 48.0 Å². The molecular weight excluding hydrogens is 689 g/mol. The second-order valence-corrected chi connectivity index (χ2v) is 15.3. The van der Waals surface area contributed by atoms with Crippen LogP contribution in [0.4, 0.5) is 23.0 Å². The lowest BCUT2D eigenvalue weighted by Gasteiger charge is -2.30. The Hall–Kier alpha value is -4.13. The molecule has 2 atom stereocenters. The maximum atomic E-state index is 17.0. The maximum Gasteiger partial charge on any atom is 0.412 e. The molecule has 2 aromatic heterocycles. The Labute approximate surface area is 296 Å². The molecule has 4 heterocycles. The third-order valence-corrected chi connectivity index (χ3v) is 10.7. The third kappa shape index (κ3) is 6.56. The van der Waals surface area contributed by atoms with E-state index in [1.165, 1.54) is 18.2 Å². The van der Waals surface area contributed by atoms with E-state index in [0.29, 0.717) is 34.5 Å². The fourth-order valence-electron chi connectivity index (χ4n) is 6.99. The van der Waals surface area contributed by atoms with Crippen LogP contribution < -0.4 is 14.8 Å². The minimum Gasteiger partial charge on any atom is -0.472 e. The van der Waals surface area contributed by atoms with Crippen molar-refractivity contribution in [1.82, 2.24) is 14.9 Å². The second kappa shape index (κ2) is 13.2. The zero-order chi connectivity index (χ0) is 35.4. The monoisotopic (exact) mass is 724 g/mol. The van der Waals surface area contributed by atoms with Crippen LogP contribution in [-0.4, -0.2) is 58.0 Å². The number of ether oxygens (including phenoxy) is 3. The number of rotatable bonds is 8. The first kappa shape index (κ1) is 34.3. The van der Waals surface area contributed by atoms with Crippen molar-refractivity contribution in [2.75, 3.05) is 25.0 Å². The molecule has 1 N–H and O–H groups in total. The van der Waals surface area contributed by atoms with Gasteiger partial charge >= 0.3 is 12.1 Å². The lowest BCUT2D eigenvalue weighted by molar-refractivity contribution is 0.0636. The van der Waals surface area contributed by atoms with Crippen LogP contribution in [0.5, 0.6) is 11.9 Å². The van der Waals surface area contributed by atoms with Crippen LogP contribution in [-0.2, 0) is 11.3 Å². The van der Waals surface area contributed by atoms with Crippen LogP contribution in [0.15, 0.2) is 48.5 Å². The van der Waals surface area contributed by atoms with Crippen molar-refractivity contribution in [1.29, 1.82) is 0 Å². The van der Waals surface area contributed by atoms with E-state index in [4.69, 9.17) is 25.8 Å². The summed E-state index contributed by atoms with van der Waals surface area (Å²) in [5, 5.41) is 3.69. The van der Waals surface area contributed by atoms with Gasteiger partial charge in [-0.15, -0.1) is 11.3 Å². The molecule has 3 aromatic carbocycles. The van der Waals surface area contributed by atoms with Gasteiger partial charge in [0.25, 0.3) is 0 Å². The first-order chi connectivity index (χ1) is 23.8. The molecule has 13 heteroatoms. The van der Waals surface area contributed by atoms with Crippen molar-refractivity contribution >= 4 is 55.0 Å². The molecule has 8 nitrogen and oxygen atoms in total. The number of halogens is 4. The van der Waals surface area contributed by atoms with E-state index in [0.717, 1.165) is 36.3 Å². The maximum absolute atomic E-state index is 17.0. The number of fused-ring (bicyclic) bond motifs is 3. The number of alkyl halides is 1. The van der Waals surface area contributed by atoms with E-state index in [1.807, 2.05) is 30.3 Å². The third-order valence-electron chi connectivity index (χ3n) is 9.19. The molecular formula is C37H36ClF3N4O4S. The zero-order valence-corrected chi connectivity index (χ0v) is 29.6. The number of thiophene rings is 1. The summed E-state index contributed by atoms with van der Waals surface area (Å²) in [5.41, 5.74) is 0.350. The number of hydrogen-bond acceptors (Lipinski definition) is 8. The topological polar surface area (TPSA) is 85.8 Å². The summed E-state index contributed by atoms with van der Waals surface area (Å²) >= 11 is 7.86. The Morgan fingerprint density at radius 1 is 1.14 bits per heavy atom. The van der Waals surface area contributed by atoms with E-state index >= 15 is 8.78 Å². The lowest BCUT2D eigenvalue weighted by Crippen LogP contribution is -2.43. The minimum absolute atomic E-state index is 0.0100. The van der Waals surface area contributed by atoms with Gasteiger partial charge < -0.3 is 14.2 Å². The molecule has 7 rings (SSSR count). The van der Waals surface area contributed by atoms with Crippen molar-refractivity contribution in [3.63, 3.8) is 0 Å². The van der Waals surface area contributed by atoms with Crippen molar-refractivity contribution < 1.29 is 32.2 Å². The Morgan fingerprint density at radius 2 is 1.92 bits per heavy atom. The molecule has 0 radical (unpaired) electrons. The Kier molecular flexibility index (Phi) is 9.06. The molecule has 2 aliphatic rings. The van der Waals surface area contributed by atoms with Gasteiger partial charge in [-0.05, 0) is 75.9 Å². The second-order valence-electron chi connectivity index (χ2n) is 13.9. The number of benzene rings is 3. The van der Waals surface area contributed by atoms with Crippen molar-refractivity contribution in [2.24, 2.45) is 0 Å². The molecule has 50 heavy (non-hydrogen) atoms. The standard InChI is InChI=1S/C37H36ClF3N4O4S/c1-20-27-23(11-12-26(40)31(27)50-33(20)44-35(46)49-36(2,3)4)28-25(38)15-24-30(29(28)41)42-34(43-32(24)47-18-21-9-6-5-7-10-21)48-19-37-13-8-14-45(37)17-22(39)16-37/h5-7,9-12,15,22H,8,13-14,16-19H2,1-4H3,(H,44,46)/t22-,37+/m1/s1. The quantitative estimate of drug-likeness (QED) is 0.171. The van der Waals surface area contributed by atoms with Crippen LogP contribution >= 0.6 is 22.9 Å². The van der Waals surface area contributed by atoms with Gasteiger partial charge in [0.15, 0.2) is 5.82 Å². The molecule has 2 aliphatic heterocycles. The summed E-state index contributed by atoms with van der Waals surface area (Å²) in [7, 11) is 0. The molecule has 1 amide bonds. The van der Waals surface area contributed by atoms with Crippen molar-refractivity contribution in [2.45, 2.75) is 70.9 Å². The SMILES string of the molecule is Cc1c(NC(=O)OC(C)(C)C)sc2c(F)ccc(-c3c(Cl)cc4c(OCc5ccccc5)nc(OC[C@@]56CCCN5C[C@H](F)C6)nc4c3F)c12. The summed E-state index contributed by atoms with van der Waals surface area (Å²) < 4.78 is 64.6. The number of nitrogens with zero attached hydrogens (tertiary/aromatic N) is 3. The minimum atomic E-state index is -0.948. The van der Waals surface area contributed by atoms with Crippen LogP contribution in [0, 0.1) is 18.6 Å². The fourth-order valence-corrected chi connectivity index (χ4v) is 8.41. The van der Waals surface area contributed by atoms with E-state index in [1.54, 1.807) is 27.7 Å². The molecule has 0 spiro atoms. The van der Waals surface area contributed by atoms with E-state index in [2.05, 4.69) is 20.2 Å². The highest BCUT2D eigenvalue weighted by Gasteiger charge is 2.49. The van der Waals surface area contributed by atoms with Gasteiger partial charge in [-0.3, -0.25) is 10.2 Å². The van der Waals surface area contributed by atoms with Gasteiger partial charge in [0.2, 0.25) is 5.88 Å². The smallest absolute Gasteiger partial charge is 0.412 e. The van der Waals surface area contributed by atoms with Crippen LogP contribution in [0.3, 0.4) is 0 Å². The number of carbonyl (C=O) groups is 1. The molecule has 5 aromatic rings. The summed E-state index contributed by atoms with van der Waals surface area (Å²) in [4.78, 5) is 23.8. The van der Waals surface area contributed by atoms with Crippen molar-refractivity contribution in [3.05, 3.63) is 76.3 Å². The first-order valence-corrected chi connectivity index (χ1v) is 17.6. The average Bonchev–Trinajstić information content (AvgIpc) is 3.70. The number of aromatic nitrogens is 2. The van der Waals surface area contributed by atoms with Crippen molar-refractivity contribution in [3.8, 4) is 23.0 Å². The Bertz CT molecular complexity index is 2110. The number of nitrogens with one attached hydrogen (secondary N) is 1. The number of hydrogen-bond donors (Lipinski definition) is 1. The summed E-state index contributed by atoms with van der Waals surface area (Å²) in [6.45, 7) is 8.34. The molecule has 0 bridgehead atoms. The summed E-state index contributed by atoms with van der Waals surface area (Å²) in [6.07, 6.45) is 0.405. The molecule has 0 saturated carbocycles. The van der Waals surface area contributed by atoms with Crippen LogP contribution in [0.1, 0.15) is 51.2 Å². The normalized spacial score (nSPS) is 19.2. The Balaban J connectivity index is 1.32. The van der Waals surface area contributed by atoms with Crippen LogP contribution in [0.25, 0.3) is 32.1 Å². The number of carbonyl (C=O) groups excluding carboxylic acids is 1. The molecule has 0 unspecified atom stereocenters. The highest BCUT2D eigenvalue weighted by atomic mass is 35.5. The fraction of sp³-hybridized carbons (Fsp3) is 0.378. The van der Waals surface area contributed by atoms with Gasteiger partial charge in [-0.25, -0.2) is 18.0 Å². The lowest BCUT2D eigenvalue weighted by atomic mass is 9.95. The molecule has 262 valence electrons. The molecule has 2 saturated heterocycles. The highest BCUT2D eigenvalue weighted by molar-refractivity contribution is 7.23.